The van der Waals surface area contributed by atoms with Crippen LogP contribution >= 0.6 is 27.5 Å². The summed E-state index contributed by atoms with van der Waals surface area (Å²) in [6.07, 6.45) is 0.122. The average Bonchev–Trinajstić information content (AvgIpc) is 2.66. The van der Waals surface area contributed by atoms with Crippen LogP contribution in [-0.4, -0.2) is 23.3 Å². The molecule has 18 heavy (non-hydrogen) atoms. The van der Waals surface area contributed by atoms with Gasteiger partial charge in [0.2, 0.25) is 11.8 Å². The molecule has 2 N–H and O–H groups in total. The van der Waals surface area contributed by atoms with E-state index in [-0.39, 0.29) is 24.0 Å². The van der Waals surface area contributed by atoms with Crippen LogP contribution in [0.15, 0.2) is 10.5 Å². The zero-order chi connectivity index (χ0) is 13.4. The van der Waals surface area contributed by atoms with Crippen molar-refractivity contribution in [2.75, 3.05) is 11.4 Å². The molecule has 1 unspecified atom stereocenters. The molecule has 0 aromatic carbocycles. The van der Waals surface area contributed by atoms with Crippen LogP contribution in [0.3, 0.4) is 0 Å². The summed E-state index contributed by atoms with van der Waals surface area (Å²) in [5.74, 6) is -1.10. The Morgan fingerprint density at radius 1 is 1.67 bits per heavy atom. The van der Waals surface area contributed by atoms with Crippen molar-refractivity contribution >= 4 is 45.0 Å². The first-order valence-electron chi connectivity index (χ1n) is 5.32. The minimum Gasteiger partial charge on any atom is -0.369 e. The summed E-state index contributed by atoms with van der Waals surface area (Å²) in [6.45, 7) is 2.06. The van der Waals surface area contributed by atoms with E-state index in [1.165, 1.54) is 4.90 Å². The Kier molecular flexibility index (Phi) is 3.59. The number of rotatable bonds is 2. The molecule has 7 heteroatoms. The molecule has 1 aliphatic rings. The van der Waals surface area contributed by atoms with Crippen molar-refractivity contribution in [2.24, 2.45) is 11.7 Å². The van der Waals surface area contributed by atoms with E-state index < -0.39 is 11.8 Å². The number of anilines is 1. The highest BCUT2D eigenvalue weighted by atomic mass is 79.9. The van der Waals surface area contributed by atoms with Gasteiger partial charge in [-0.2, -0.15) is 0 Å². The van der Waals surface area contributed by atoms with Crippen LogP contribution in [0, 0.1) is 12.8 Å². The fourth-order valence-corrected chi connectivity index (χ4v) is 2.45. The predicted octanol–water partition coefficient (Wildman–Crippen LogP) is 1.64. The van der Waals surface area contributed by atoms with E-state index in [0.29, 0.717) is 5.69 Å². The van der Waals surface area contributed by atoms with Gasteiger partial charge in [-0.15, -0.1) is 0 Å². The van der Waals surface area contributed by atoms with Gasteiger partial charge < -0.3 is 10.6 Å². The first-order valence-corrected chi connectivity index (χ1v) is 6.49. The molecule has 1 fully saturated rings. The topological polar surface area (TPSA) is 76.3 Å². The van der Waals surface area contributed by atoms with Crippen molar-refractivity contribution in [3.8, 4) is 0 Å². The van der Waals surface area contributed by atoms with Crippen molar-refractivity contribution in [1.29, 1.82) is 0 Å². The van der Waals surface area contributed by atoms with Crippen molar-refractivity contribution in [3.05, 3.63) is 21.4 Å². The third-order valence-corrected chi connectivity index (χ3v) is 3.99. The van der Waals surface area contributed by atoms with Gasteiger partial charge in [0, 0.05) is 17.4 Å². The number of aromatic nitrogens is 1. The SMILES string of the molecule is Cc1nc(Cl)c(N2CC(C(N)=O)CC2=O)cc1Br. The van der Waals surface area contributed by atoms with Crippen LogP contribution in [0.1, 0.15) is 12.1 Å². The van der Waals surface area contributed by atoms with Gasteiger partial charge >= 0.3 is 0 Å². The minimum absolute atomic E-state index is 0.122. The fourth-order valence-electron chi connectivity index (χ4n) is 1.86. The highest BCUT2D eigenvalue weighted by Gasteiger charge is 2.35. The summed E-state index contributed by atoms with van der Waals surface area (Å²) in [6, 6.07) is 1.73. The standard InChI is InChI=1S/C11H11BrClN3O2/c1-5-7(12)3-8(10(13)15-5)16-4-6(11(14)18)2-9(16)17/h3,6H,2,4H2,1H3,(H2,14,18). The molecule has 2 heterocycles. The molecule has 1 saturated heterocycles. The quantitative estimate of drug-likeness (QED) is 0.837. The van der Waals surface area contributed by atoms with Gasteiger partial charge in [0.25, 0.3) is 0 Å². The molecule has 0 bridgehead atoms. The van der Waals surface area contributed by atoms with Crippen LogP contribution in [0.25, 0.3) is 0 Å². The maximum absolute atomic E-state index is 11.9. The van der Waals surface area contributed by atoms with E-state index in [0.717, 1.165) is 10.2 Å². The third kappa shape index (κ3) is 2.35. The lowest BCUT2D eigenvalue weighted by atomic mass is 10.1. The molecule has 0 radical (unpaired) electrons. The van der Waals surface area contributed by atoms with Crippen molar-refractivity contribution < 1.29 is 9.59 Å². The van der Waals surface area contributed by atoms with Crippen LogP contribution in [-0.2, 0) is 9.59 Å². The van der Waals surface area contributed by atoms with Crippen molar-refractivity contribution in [1.82, 2.24) is 4.98 Å². The van der Waals surface area contributed by atoms with E-state index in [1.54, 1.807) is 13.0 Å². The highest BCUT2D eigenvalue weighted by Crippen LogP contribution is 2.33. The molecular formula is C11H11BrClN3O2. The number of halogens is 2. The largest absolute Gasteiger partial charge is 0.369 e. The molecular weight excluding hydrogens is 321 g/mol. The number of carbonyl (C=O) groups excluding carboxylic acids is 2. The minimum atomic E-state index is -0.471. The Labute approximate surface area is 117 Å². The van der Waals surface area contributed by atoms with E-state index in [2.05, 4.69) is 20.9 Å². The summed E-state index contributed by atoms with van der Waals surface area (Å²) in [5, 5.41) is 0.245. The Hall–Kier alpha value is -1.14. The zero-order valence-electron chi connectivity index (χ0n) is 9.61. The zero-order valence-corrected chi connectivity index (χ0v) is 12.0. The summed E-state index contributed by atoms with van der Waals surface area (Å²) < 4.78 is 0.761. The molecule has 1 aromatic rings. The van der Waals surface area contributed by atoms with Crippen LogP contribution in [0.5, 0.6) is 0 Å². The lowest BCUT2D eigenvalue weighted by Gasteiger charge is -2.18. The van der Waals surface area contributed by atoms with Gasteiger partial charge in [-0.05, 0) is 28.9 Å². The number of hydrogen-bond acceptors (Lipinski definition) is 3. The number of carbonyl (C=O) groups is 2. The lowest BCUT2D eigenvalue weighted by Crippen LogP contribution is -2.28. The summed E-state index contributed by atoms with van der Waals surface area (Å²) in [4.78, 5) is 28.6. The second-order valence-corrected chi connectivity index (χ2v) is 5.39. The Morgan fingerprint density at radius 3 is 2.89 bits per heavy atom. The summed E-state index contributed by atoms with van der Waals surface area (Å²) >= 11 is 9.37. The third-order valence-electron chi connectivity index (χ3n) is 2.90. The molecule has 5 nitrogen and oxygen atoms in total. The molecule has 2 amide bonds. The van der Waals surface area contributed by atoms with E-state index in [9.17, 15) is 9.59 Å². The molecule has 2 rings (SSSR count). The molecule has 96 valence electrons. The van der Waals surface area contributed by atoms with Gasteiger partial charge in [-0.25, -0.2) is 4.98 Å². The number of primary amides is 1. The van der Waals surface area contributed by atoms with Crippen LogP contribution in [0.4, 0.5) is 5.69 Å². The average molecular weight is 333 g/mol. The molecule has 1 aromatic heterocycles. The van der Waals surface area contributed by atoms with Crippen molar-refractivity contribution in [3.63, 3.8) is 0 Å². The molecule has 0 spiro atoms. The smallest absolute Gasteiger partial charge is 0.227 e. The van der Waals surface area contributed by atoms with E-state index >= 15 is 0 Å². The second kappa shape index (κ2) is 4.85. The monoisotopic (exact) mass is 331 g/mol. The highest BCUT2D eigenvalue weighted by molar-refractivity contribution is 9.10. The normalized spacial score (nSPS) is 19.4. The van der Waals surface area contributed by atoms with Gasteiger partial charge in [0.15, 0.2) is 5.15 Å². The number of nitrogens with two attached hydrogens (primary N) is 1. The Morgan fingerprint density at radius 2 is 2.33 bits per heavy atom. The molecule has 1 atom stereocenters. The van der Waals surface area contributed by atoms with Gasteiger partial charge in [-0.3, -0.25) is 9.59 Å². The fraction of sp³-hybridized carbons (Fsp3) is 0.364. The molecule has 0 aliphatic carbocycles. The second-order valence-electron chi connectivity index (χ2n) is 4.17. The Balaban J connectivity index is 2.35. The first kappa shape index (κ1) is 13.3. The van der Waals surface area contributed by atoms with Crippen LogP contribution < -0.4 is 10.6 Å². The van der Waals surface area contributed by atoms with E-state index in [1.807, 2.05) is 0 Å². The van der Waals surface area contributed by atoms with Crippen LogP contribution in [0.2, 0.25) is 5.15 Å². The molecule has 1 aliphatic heterocycles. The number of pyridine rings is 1. The van der Waals surface area contributed by atoms with Crippen molar-refractivity contribution in [2.45, 2.75) is 13.3 Å². The maximum atomic E-state index is 11.9. The number of aryl methyl sites for hydroxylation is 1. The summed E-state index contributed by atoms with van der Waals surface area (Å²) in [5.41, 5.74) is 6.46. The Bertz CT molecular complexity index is 535. The summed E-state index contributed by atoms with van der Waals surface area (Å²) in [7, 11) is 0. The van der Waals surface area contributed by atoms with E-state index in [4.69, 9.17) is 17.3 Å². The number of nitrogens with zero attached hydrogens (tertiary/aromatic N) is 2. The van der Waals surface area contributed by atoms with Gasteiger partial charge in [-0.1, -0.05) is 11.6 Å². The maximum Gasteiger partial charge on any atom is 0.227 e. The molecule has 0 saturated carbocycles. The predicted molar refractivity (Wildman–Crippen MR) is 71.3 cm³/mol. The lowest BCUT2D eigenvalue weighted by molar-refractivity contribution is -0.123. The number of hydrogen-bond donors (Lipinski definition) is 1. The van der Waals surface area contributed by atoms with Gasteiger partial charge in [0.1, 0.15) is 0 Å². The van der Waals surface area contributed by atoms with Gasteiger partial charge in [0.05, 0.1) is 17.3 Å². The number of amides is 2. The first-order chi connectivity index (χ1) is 8.40.